The maximum Gasteiger partial charge on any atom is 0.154 e. The minimum atomic E-state index is 0.337. The Bertz CT molecular complexity index is 660. The summed E-state index contributed by atoms with van der Waals surface area (Å²) in [5.41, 5.74) is 2.15. The second-order valence-electron chi connectivity index (χ2n) is 7.28. The third kappa shape index (κ3) is 3.36. The van der Waals surface area contributed by atoms with Gasteiger partial charge in [-0.3, -0.25) is 4.90 Å². The molecule has 1 aliphatic heterocycles. The van der Waals surface area contributed by atoms with E-state index in [0.717, 1.165) is 36.8 Å². The number of aryl methyl sites for hydroxylation is 1. The third-order valence-corrected chi connectivity index (χ3v) is 5.42. The van der Waals surface area contributed by atoms with E-state index >= 15 is 0 Å². The SMILES string of the molecule is Cc1cc([C@@H]2CCCN2Cc2cnc(C3CCCCC3)nc2)on1. The molecule has 0 amide bonds. The summed E-state index contributed by atoms with van der Waals surface area (Å²) in [4.78, 5) is 11.8. The van der Waals surface area contributed by atoms with Crippen LogP contribution in [0.15, 0.2) is 23.0 Å². The highest BCUT2D eigenvalue weighted by Crippen LogP contribution is 2.34. The largest absolute Gasteiger partial charge is 0.359 e. The molecule has 1 aliphatic carbocycles. The molecule has 1 saturated heterocycles. The van der Waals surface area contributed by atoms with Gasteiger partial charge in [0.25, 0.3) is 0 Å². The molecule has 0 N–H and O–H groups in total. The van der Waals surface area contributed by atoms with E-state index in [1.165, 1.54) is 44.1 Å². The van der Waals surface area contributed by atoms with Crippen molar-refractivity contribution in [2.24, 2.45) is 0 Å². The number of aromatic nitrogens is 3. The monoisotopic (exact) mass is 326 g/mol. The van der Waals surface area contributed by atoms with E-state index < -0.39 is 0 Å². The Morgan fingerprint density at radius 3 is 2.58 bits per heavy atom. The van der Waals surface area contributed by atoms with Crippen LogP contribution in [0.25, 0.3) is 0 Å². The summed E-state index contributed by atoms with van der Waals surface area (Å²) in [7, 11) is 0. The van der Waals surface area contributed by atoms with E-state index in [0.29, 0.717) is 12.0 Å². The van der Waals surface area contributed by atoms with Crippen molar-refractivity contribution in [1.82, 2.24) is 20.0 Å². The highest BCUT2D eigenvalue weighted by atomic mass is 16.5. The first-order chi connectivity index (χ1) is 11.8. The Labute approximate surface area is 143 Å². The maximum atomic E-state index is 5.49. The van der Waals surface area contributed by atoms with Crippen LogP contribution in [0.1, 0.15) is 79.7 Å². The van der Waals surface area contributed by atoms with Gasteiger partial charge in [-0.05, 0) is 39.2 Å². The molecule has 128 valence electrons. The van der Waals surface area contributed by atoms with Crippen molar-refractivity contribution in [1.29, 1.82) is 0 Å². The van der Waals surface area contributed by atoms with Gasteiger partial charge in [-0.2, -0.15) is 0 Å². The molecule has 5 heteroatoms. The first-order valence-corrected chi connectivity index (χ1v) is 9.27. The van der Waals surface area contributed by atoms with Crippen molar-refractivity contribution in [3.63, 3.8) is 0 Å². The van der Waals surface area contributed by atoms with Gasteiger partial charge in [0.05, 0.1) is 11.7 Å². The lowest BCUT2D eigenvalue weighted by Crippen LogP contribution is -2.22. The number of nitrogens with zero attached hydrogens (tertiary/aromatic N) is 4. The summed E-state index contributed by atoms with van der Waals surface area (Å²) in [6.07, 6.45) is 12.9. The van der Waals surface area contributed by atoms with E-state index in [4.69, 9.17) is 4.52 Å². The molecule has 0 spiro atoms. The average molecular weight is 326 g/mol. The van der Waals surface area contributed by atoms with Crippen LogP contribution in [-0.2, 0) is 6.54 Å². The zero-order valence-electron chi connectivity index (χ0n) is 14.4. The fourth-order valence-electron chi connectivity index (χ4n) is 4.13. The Kier molecular flexibility index (Phi) is 4.60. The summed E-state index contributed by atoms with van der Waals surface area (Å²) in [6.45, 7) is 3.95. The maximum absolute atomic E-state index is 5.49. The summed E-state index contributed by atoms with van der Waals surface area (Å²) in [6, 6.07) is 2.40. The van der Waals surface area contributed by atoms with Crippen LogP contribution in [0.5, 0.6) is 0 Å². The molecule has 2 aliphatic rings. The summed E-state index contributed by atoms with van der Waals surface area (Å²) in [5.74, 6) is 2.61. The quantitative estimate of drug-likeness (QED) is 0.844. The molecule has 24 heavy (non-hydrogen) atoms. The van der Waals surface area contributed by atoms with Gasteiger partial charge in [0.1, 0.15) is 5.82 Å². The van der Waals surface area contributed by atoms with Crippen molar-refractivity contribution in [2.75, 3.05) is 6.54 Å². The smallest absolute Gasteiger partial charge is 0.154 e. The second kappa shape index (κ2) is 7.01. The van der Waals surface area contributed by atoms with Crippen molar-refractivity contribution in [2.45, 2.75) is 70.4 Å². The van der Waals surface area contributed by atoms with Crippen LogP contribution >= 0.6 is 0 Å². The molecule has 0 unspecified atom stereocenters. The summed E-state index contributed by atoms with van der Waals surface area (Å²) >= 11 is 0. The molecule has 0 radical (unpaired) electrons. The van der Waals surface area contributed by atoms with Crippen molar-refractivity contribution in [3.8, 4) is 0 Å². The van der Waals surface area contributed by atoms with Gasteiger partial charge < -0.3 is 4.52 Å². The summed E-state index contributed by atoms with van der Waals surface area (Å²) in [5, 5.41) is 4.04. The van der Waals surface area contributed by atoms with Gasteiger partial charge in [0, 0.05) is 36.5 Å². The lowest BCUT2D eigenvalue weighted by atomic mass is 9.89. The Hall–Kier alpha value is -1.75. The van der Waals surface area contributed by atoms with Crippen LogP contribution < -0.4 is 0 Å². The lowest BCUT2D eigenvalue weighted by molar-refractivity contribution is 0.206. The zero-order valence-corrected chi connectivity index (χ0v) is 14.4. The number of likely N-dealkylation sites (tertiary alicyclic amines) is 1. The van der Waals surface area contributed by atoms with Gasteiger partial charge in [-0.25, -0.2) is 9.97 Å². The van der Waals surface area contributed by atoms with Crippen LogP contribution in [0.3, 0.4) is 0 Å². The first-order valence-electron chi connectivity index (χ1n) is 9.27. The molecule has 0 aromatic carbocycles. The van der Waals surface area contributed by atoms with E-state index in [1.54, 1.807) is 0 Å². The Balaban J connectivity index is 1.42. The topological polar surface area (TPSA) is 55.1 Å². The Morgan fingerprint density at radius 2 is 1.88 bits per heavy atom. The minimum Gasteiger partial charge on any atom is -0.359 e. The highest BCUT2D eigenvalue weighted by molar-refractivity contribution is 5.12. The number of hydrogen-bond donors (Lipinski definition) is 0. The van der Waals surface area contributed by atoms with Crippen LogP contribution in [0.4, 0.5) is 0 Å². The lowest BCUT2D eigenvalue weighted by Gasteiger charge is -2.23. The second-order valence-corrected chi connectivity index (χ2v) is 7.28. The predicted molar refractivity (Wildman–Crippen MR) is 91.5 cm³/mol. The zero-order chi connectivity index (χ0) is 16.4. The molecule has 3 heterocycles. The van der Waals surface area contributed by atoms with E-state index in [9.17, 15) is 0 Å². The minimum absolute atomic E-state index is 0.337. The fourth-order valence-corrected chi connectivity index (χ4v) is 4.13. The fraction of sp³-hybridized carbons (Fsp3) is 0.632. The van der Waals surface area contributed by atoms with Gasteiger partial charge in [-0.15, -0.1) is 0 Å². The third-order valence-electron chi connectivity index (χ3n) is 5.42. The van der Waals surface area contributed by atoms with Crippen molar-refractivity contribution in [3.05, 3.63) is 41.3 Å². The molecule has 4 rings (SSSR count). The van der Waals surface area contributed by atoms with Gasteiger partial charge in [0.2, 0.25) is 0 Å². The molecule has 5 nitrogen and oxygen atoms in total. The number of hydrogen-bond acceptors (Lipinski definition) is 5. The molecule has 0 bridgehead atoms. The Morgan fingerprint density at radius 1 is 1.08 bits per heavy atom. The van der Waals surface area contributed by atoms with Gasteiger partial charge in [-0.1, -0.05) is 24.4 Å². The van der Waals surface area contributed by atoms with Crippen LogP contribution in [0.2, 0.25) is 0 Å². The van der Waals surface area contributed by atoms with Crippen molar-refractivity contribution >= 4 is 0 Å². The average Bonchev–Trinajstić information content (AvgIpc) is 3.25. The van der Waals surface area contributed by atoms with E-state index in [-0.39, 0.29) is 0 Å². The van der Waals surface area contributed by atoms with Crippen LogP contribution in [-0.4, -0.2) is 26.6 Å². The molecule has 2 aromatic rings. The predicted octanol–water partition coefficient (Wildman–Crippen LogP) is 4.16. The summed E-state index contributed by atoms with van der Waals surface area (Å²) < 4.78 is 5.49. The molecule has 1 atom stereocenters. The highest BCUT2D eigenvalue weighted by Gasteiger charge is 2.29. The van der Waals surface area contributed by atoms with Gasteiger partial charge >= 0.3 is 0 Å². The standard InChI is InChI=1S/C19H26N4O/c1-14-10-18(24-22-14)17-8-5-9-23(17)13-15-11-20-19(21-12-15)16-6-3-2-4-7-16/h10-12,16-17H,2-9,13H2,1H3/t17-/m0/s1. The van der Waals surface area contributed by atoms with E-state index in [1.807, 2.05) is 19.3 Å². The first kappa shape index (κ1) is 15.8. The molecular weight excluding hydrogens is 300 g/mol. The van der Waals surface area contributed by atoms with E-state index in [2.05, 4.69) is 26.1 Å². The van der Waals surface area contributed by atoms with Crippen molar-refractivity contribution < 1.29 is 4.52 Å². The molecule has 2 aromatic heterocycles. The van der Waals surface area contributed by atoms with Crippen LogP contribution in [0, 0.1) is 6.92 Å². The molecule has 1 saturated carbocycles. The molecular formula is C19H26N4O. The number of rotatable bonds is 4. The normalized spacial score (nSPS) is 23.0. The molecule has 2 fully saturated rings. The van der Waals surface area contributed by atoms with Gasteiger partial charge in [0.15, 0.2) is 5.76 Å².